The zero-order valence-corrected chi connectivity index (χ0v) is 11.9. The second-order valence-corrected chi connectivity index (χ2v) is 6.51. The Labute approximate surface area is 121 Å². The standard InChI is InChI=1S/C12H16N2O6S/c13-8-1-2-10(12(16)17)11(5-8)21(18,19)14-3-4-20-9(6-14)7-15/h1-2,5,9,15H,3-4,6-7,13H2,(H,16,17). The Kier molecular flexibility index (Phi) is 4.47. The van der Waals surface area contributed by atoms with Crippen molar-refractivity contribution < 1.29 is 28.2 Å². The molecule has 2 rings (SSSR count). The van der Waals surface area contributed by atoms with E-state index >= 15 is 0 Å². The van der Waals surface area contributed by atoms with Gasteiger partial charge in [-0.05, 0) is 18.2 Å². The molecule has 0 bridgehead atoms. The highest BCUT2D eigenvalue weighted by Gasteiger charge is 2.33. The van der Waals surface area contributed by atoms with Crippen LogP contribution >= 0.6 is 0 Å². The molecule has 1 aliphatic rings. The molecule has 116 valence electrons. The minimum absolute atomic E-state index is 0.0350. The number of nitrogen functional groups attached to an aromatic ring is 1. The number of carboxylic acids is 1. The average Bonchev–Trinajstić information content (AvgIpc) is 2.46. The first kappa shape index (κ1) is 15.7. The molecule has 1 unspecified atom stereocenters. The number of benzene rings is 1. The number of rotatable bonds is 4. The molecule has 1 saturated heterocycles. The largest absolute Gasteiger partial charge is 0.478 e. The number of carbonyl (C=O) groups is 1. The monoisotopic (exact) mass is 316 g/mol. The second-order valence-electron chi connectivity index (χ2n) is 4.60. The molecule has 0 aromatic heterocycles. The third-order valence-electron chi connectivity index (χ3n) is 3.16. The Morgan fingerprint density at radius 1 is 1.48 bits per heavy atom. The number of nitrogens with zero attached hydrogens (tertiary/aromatic N) is 1. The molecule has 0 amide bonds. The van der Waals surface area contributed by atoms with Crippen molar-refractivity contribution in [2.75, 3.05) is 32.0 Å². The van der Waals surface area contributed by atoms with Gasteiger partial charge in [-0.15, -0.1) is 0 Å². The molecule has 1 aromatic carbocycles. The fourth-order valence-corrected chi connectivity index (χ4v) is 3.76. The SMILES string of the molecule is Nc1ccc(C(=O)O)c(S(=O)(=O)N2CCOC(CO)C2)c1. The highest BCUT2D eigenvalue weighted by Crippen LogP contribution is 2.24. The number of hydrogen-bond donors (Lipinski definition) is 3. The predicted octanol–water partition coefficient (Wildman–Crippen LogP) is -0.651. The van der Waals surface area contributed by atoms with Gasteiger partial charge >= 0.3 is 5.97 Å². The summed E-state index contributed by atoms with van der Waals surface area (Å²) < 4.78 is 31.5. The molecular weight excluding hydrogens is 300 g/mol. The van der Waals surface area contributed by atoms with Crippen molar-refractivity contribution >= 4 is 21.7 Å². The van der Waals surface area contributed by atoms with Gasteiger partial charge < -0.3 is 20.7 Å². The number of nitrogens with two attached hydrogens (primary N) is 1. The lowest BCUT2D eigenvalue weighted by Crippen LogP contribution is -2.47. The van der Waals surface area contributed by atoms with Crippen molar-refractivity contribution in [3.05, 3.63) is 23.8 Å². The zero-order valence-electron chi connectivity index (χ0n) is 11.1. The number of aliphatic hydroxyl groups excluding tert-OH is 1. The maximum Gasteiger partial charge on any atom is 0.337 e. The molecule has 1 fully saturated rings. The Bertz CT molecular complexity index is 645. The van der Waals surface area contributed by atoms with E-state index in [1.807, 2.05) is 0 Å². The van der Waals surface area contributed by atoms with Crippen LogP contribution in [0, 0.1) is 0 Å². The van der Waals surface area contributed by atoms with Gasteiger partial charge in [0.05, 0.1) is 29.8 Å². The Hall–Kier alpha value is -1.68. The van der Waals surface area contributed by atoms with Gasteiger partial charge in [-0.1, -0.05) is 0 Å². The number of sulfonamides is 1. The van der Waals surface area contributed by atoms with Crippen LogP contribution in [0.1, 0.15) is 10.4 Å². The van der Waals surface area contributed by atoms with Gasteiger partial charge in [-0.3, -0.25) is 0 Å². The molecule has 1 aromatic rings. The van der Waals surface area contributed by atoms with Gasteiger partial charge in [0.25, 0.3) is 0 Å². The zero-order chi connectivity index (χ0) is 15.6. The normalized spacial score (nSPS) is 20.3. The van der Waals surface area contributed by atoms with E-state index in [0.29, 0.717) is 0 Å². The first-order valence-corrected chi connectivity index (χ1v) is 7.65. The summed E-state index contributed by atoms with van der Waals surface area (Å²) in [5.74, 6) is -1.35. The van der Waals surface area contributed by atoms with Gasteiger partial charge in [-0.2, -0.15) is 4.31 Å². The molecule has 1 atom stereocenters. The number of aliphatic hydroxyl groups is 1. The van der Waals surface area contributed by atoms with Crippen molar-refractivity contribution in [3.63, 3.8) is 0 Å². The van der Waals surface area contributed by atoms with Gasteiger partial charge in [0.1, 0.15) is 0 Å². The molecule has 0 spiro atoms. The van der Waals surface area contributed by atoms with E-state index in [-0.39, 0.29) is 42.4 Å². The summed E-state index contributed by atoms with van der Waals surface area (Å²) in [6, 6.07) is 3.62. The maximum atomic E-state index is 12.6. The minimum atomic E-state index is -4.02. The van der Waals surface area contributed by atoms with Crippen molar-refractivity contribution in [1.29, 1.82) is 0 Å². The number of morpholine rings is 1. The summed E-state index contributed by atoms with van der Waals surface area (Å²) in [7, 11) is -4.02. The first-order valence-electron chi connectivity index (χ1n) is 6.21. The number of aromatic carboxylic acids is 1. The second kappa shape index (κ2) is 5.98. The molecule has 0 radical (unpaired) electrons. The van der Waals surface area contributed by atoms with E-state index in [1.54, 1.807) is 0 Å². The molecule has 0 aliphatic carbocycles. The van der Waals surface area contributed by atoms with Crippen LogP contribution in [-0.4, -0.2) is 61.3 Å². The summed E-state index contributed by atoms with van der Waals surface area (Å²) >= 11 is 0. The van der Waals surface area contributed by atoms with Crippen molar-refractivity contribution in [2.24, 2.45) is 0 Å². The van der Waals surface area contributed by atoms with E-state index in [4.69, 9.17) is 20.7 Å². The van der Waals surface area contributed by atoms with Crippen LogP contribution < -0.4 is 5.73 Å². The first-order chi connectivity index (χ1) is 9.86. The smallest absolute Gasteiger partial charge is 0.337 e. The van der Waals surface area contributed by atoms with Gasteiger partial charge in [0.2, 0.25) is 10.0 Å². The van der Waals surface area contributed by atoms with E-state index in [2.05, 4.69) is 0 Å². The molecule has 9 heteroatoms. The molecule has 0 saturated carbocycles. The summed E-state index contributed by atoms with van der Waals surface area (Å²) in [6.45, 7) is -0.122. The van der Waals surface area contributed by atoms with Crippen LogP contribution in [0.4, 0.5) is 5.69 Å². The summed E-state index contributed by atoms with van der Waals surface area (Å²) in [4.78, 5) is 10.8. The Balaban J connectivity index is 2.44. The highest BCUT2D eigenvalue weighted by atomic mass is 32.2. The third-order valence-corrected chi connectivity index (χ3v) is 5.06. The van der Waals surface area contributed by atoms with E-state index in [0.717, 1.165) is 16.4 Å². The Morgan fingerprint density at radius 3 is 2.81 bits per heavy atom. The maximum absolute atomic E-state index is 12.6. The molecular formula is C12H16N2O6S. The van der Waals surface area contributed by atoms with Crippen molar-refractivity contribution in [3.8, 4) is 0 Å². The van der Waals surface area contributed by atoms with Crippen LogP contribution in [0.5, 0.6) is 0 Å². The average molecular weight is 316 g/mol. The summed E-state index contributed by atoms with van der Waals surface area (Å²) in [6.07, 6.45) is -0.622. The Morgan fingerprint density at radius 2 is 2.19 bits per heavy atom. The lowest BCUT2D eigenvalue weighted by atomic mass is 10.2. The van der Waals surface area contributed by atoms with Crippen molar-refractivity contribution in [1.82, 2.24) is 4.31 Å². The fourth-order valence-electron chi connectivity index (χ4n) is 2.09. The van der Waals surface area contributed by atoms with Crippen LogP contribution in [0.3, 0.4) is 0 Å². The molecule has 21 heavy (non-hydrogen) atoms. The molecule has 8 nitrogen and oxygen atoms in total. The third kappa shape index (κ3) is 3.16. The van der Waals surface area contributed by atoms with E-state index in [9.17, 15) is 13.2 Å². The minimum Gasteiger partial charge on any atom is -0.478 e. The number of hydrogen-bond acceptors (Lipinski definition) is 6. The summed E-state index contributed by atoms with van der Waals surface area (Å²) in [5.41, 5.74) is 5.39. The van der Waals surface area contributed by atoms with Crippen LogP contribution in [0.15, 0.2) is 23.1 Å². The van der Waals surface area contributed by atoms with E-state index < -0.39 is 22.1 Å². The number of anilines is 1. The van der Waals surface area contributed by atoms with Gasteiger partial charge in [0, 0.05) is 18.8 Å². The number of ether oxygens (including phenoxy) is 1. The van der Waals surface area contributed by atoms with Crippen LogP contribution in [0.25, 0.3) is 0 Å². The fraction of sp³-hybridized carbons (Fsp3) is 0.417. The lowest BCUT2D eigenvalue weighted by molar-refractivity contribution is -0.0304. The van der Waals surface area contributed by atoms with Gasteiger partial charge in [0.15, 0.2) is 0 Å². The molecule has 1 heterocycles. The quantitative estimate of drug-likeness (QED) is 0.629. The van der Waals surface area contributed by atoms with Crippen LogP contribution in [0.2, 0.25) is 0 Å². The van der Waals surface area contributed by atoms with Crippen molar-refractivity contribution in [2.45, 2.75) is 11.0 Å². The molecule has 1 aliphatic heterocycles. The summed E-state index contributed by atoms with van der Waals surface area (Å²) in [5, 5.41) is 18.2. The highest BCUT2D eigenvalue weighted by molar-refractivity contribution is 7.89. The number of carboxylic acid groups (broad SMARTS) is 1. The van der Waals surface area contributed by atoms with E-state index in [1.165, 1.54) is 6.07 Å². The predicted molar refractivity (Wildman–Crippen MR) is 73.4 cm³/mol. The van der Waals surface area contributed by atoms with Crippen LogP contribution in [-0.2, 0) is 14.8 Å². The lowest BCUT2D eigenvalue weighted by Gasteiger charge is -2.31. The van der Waals surface area contributed by atoms with Gasteiger partial charge in [-0.25, -0.2) is 13.2 Å². The topological polar surface area (TPSA) is 130 Å². The molecule has 4 N–H and O–H groups in total.